The van der Waals surface area contributed by atoms with Crippen LogP contribution in [0, 0.1) is 28.1 Å². The van der Waals surface area contributed by atoms with Crippen LogP contribution in [-0.4, -0.2) is 40.4 Å². The van der Waals surface area contributed by atoms with Crippen LogP contribution in [0.4, 0.5) is 0 Å². The van der Waals surface area contributed by atoms with Gasteiger partial charge in [-0.3, -0.25) is 4.79 Å². The van der Waals surface area contributed by atoms with E-state index in [0.717, 1.165) is 25.7 Å². The van der Waals surface area contributed by atoms with Crippen LogP contribution in [0.25, 0.3) is 0 Å². The lowest BCUT2D eigenvalue weighted by molar-refractivity contribution is -0.220. The van der Waals surface area contributed by atoms with E-state index in [0.29, 0.717) is 24.8 Å². The highest BCUT2D eigenvalue weighted by Gasteiger charge is 2.67. The van der Waals surface area contributed by atoms with Gasteiger partial charge in [0.15, 0.2) is 5.78 Å². The number of rotatable bonds is 3. The second kappa shape index (κ2) is 5.93. The van der Waals surface area contributed by atoms with Crippen molar-refractivity contribution >= 4 is 5.78 Å². The summed E-state index contributed by atoms with van der Waals surface area (Å²) in [6.45, 7) is 8.11. The van der Waals surface area contributed by atoms with Gasteiger partial charge >= 0.3 is 0 Å². The maximum Gasteiger partial charge on any atom is 0.167 e. The van der Waals surface area contributed by atoms with Gasteiger partial charge < -0.3 is 15.3 Å². The summed E-state index contributed by atoms with van der Waals surface area (Å²) >= 11 is 0. The van der Waals surface area contributed by atoms with Gasteiger partial charge in [-0.2, -0.15) is 0 Å². The Hall–Kier alpha value is -0.710. The maximum absolute atomic E-state index is 13.1. The van der Waals surface area contributed by atoms with Crippen molar-refractivity contribution in [3.05, 3.63) is 12.2 Å². The Morgan fingerprint density at radius 2 is 1.92 bits per heavy atom. The normalized spacial score (nSPS) is 48.8. The van der Waals surface area contributed by atoms with Crippen LogP contribution in [0.2, 0.25) is 0 Å². The molecule has 6 unspecified atom stereocenters. The minimum Gasteiger partial charge on any atom is -0.396 e. The van der Waals surface area contributed by atoms with Crippen LogP contribution in [-0.2, 0) is 4.79 Å². The van der Waals surface area contributed by atoms with Crippen LogP contribution in [0.5, 0.6) is 0 Å². The van der Waals surface area contributed by atoms with Crippen molar-refractivity contribution in [3.63, 3.8) is 0 Å². The predicted octanol–water partition coefficient (Wildman–Crippen LogP) is 2.46. The molecule has 3 fully saturated rings. The molecule has 3 rings (SSSR count). The summed E-state index contributed by atoms with van der Waals surface area (Å²) in [5, 5.41) is 31.6. The molecule has 3 saturated carbocycles. The highest BCUT2D eigenvalue weighted by atomic mass is 16.3. The van der Waals surface area contributed by atoms with E-state index in [9.17, 15) is 20.1 Å². The van der Waals surface area contributed by atoms with Crippen molar-refractivity contribution in [1.29, 1.82) is 0 Å². The zero-order valence-corrected chi connectivity index (χ0v) is 15.1. The Labute approximate surface area is 145 Å². The van der Waals surface area contributed by atoms with Crippen LogP contribution >= 0.6 is 0 Å². The van der Waals surface area contributed by atoms with E-state index < -0.39 is 11.5 Å². The molecule has 24 heavy (non-hydrogen) atoms. The quantitative estimate of drug-likeness (QED) is 0.692. The fourth-order valence-electron chi connectivity index (χ4n) is 6.73. The predicted molar refractivity (Wildman–Crippen MR) is 92.3 cm³/mol. The number of Topliss-reactive ketones (excluding diaryl/α,β-unsaturated/α-hetero) is 1. The van der Waals surface area contributed by atoms with Crippen LogP contribution < -0.4 is 0 Å². The van der Waals surface area contributed by atoms with E-state index in [1.165, 1.54) is 0 Å². The molecule has 6 atom stereocenters. The largest absolute Gasteiger partial charge is 0.396 e. The number of allylic oxidation sites excluding steroid dienone is 1. The number of aliphatic hydroxyl groups is 3. The number of ketones is 1. The second-order valence-corrected chi connectivity index (χ2v) is 8.78. The third kappa shape index (κ3) is 2.06. The van der Waals surface area contributed by atoms with Gasteiger partial charge in [0.1, 0.15) is 0 Å². The van der Waals surface area contributed by atoms with Crippen molar-refractivity contribution in [2.75, 3.05) is 13.2 Å². The molecular weight excluding hydrogens is 304 g/mol. The Kier molecular flexibility index (Phi) is 4.47. The molecule has 0 amide bonds. The zero-order chi connectivity index (χ0) is 17.8. The van der Waals surface area contributed by atoms with Gasteiger partial charge in [0.05, 0.1) is 11.5 Å². The lowest BCUT2D eigenvalue weighted by atomic mass is 9.38. The molecule has 0 aromatic carbocycles. The summed E-state index contributed by atoms with van der Waals surface area (Å²) in [5.74, 6) is 0.0295. The Bertz CT molecular complexity index is 544. The van der Waals surface area contributed by atoms with Crippen LogP contribution in [0.3, 0.4) is 0 Å². The van der Waals surface area contributed by atoms with Crippen molar-refractivity contribution < 1.29 is 20.1 Å². The van der Waals surface area contributed by atoms with Crippen LogP contribution in [0.1, 0.15) is 58.8 Å². The van der Waals surface area contributed by atoms with Gasteiger partial charge in [0, 0.05) is 18.6 Å². The number of aliphatic hydroxyl groups excluding tert-OH is 3. The average Bonchev–Trinajstić information content (AvgIpc) is 2.59. The first-order valence-corrected chi connectivity index (χ1v) is 9.44. The maximum atomic E-state index is 13.1. The summed E-state index contributed by atoms with van der Waals surface area (Å²) < 4.78 is 0. The lowest BCUT2D eigenvalue weighted by Crippen LogP contribution is -2.67. The summed E-state index contributed by atoms with van der Waals surface area (Å²) in [5.41, 5.74) is -0.845. The van der Waals surface area contributed by atoms with Crippen molar-refractivity contribution in [2.24, 2.45) is 28.1 Å². The minimum atomic E-state index is -0.803. The van der Waals surface area contributed by atoms with E-state index in [4.69, 9.17) is 0 Å². The van der Waals surface area contributed by atoms with Gasteiger partial charge in [-0.05, 0) is 61.3 Å². The van der Waals surface area contributed by atoms with Crippen molar-refractivity contribution in [2.45, 2.75) is 64.9 Å². The number of carbonyl (C=O) groups excluding carboxylic acids is 1. The first-order chi connectivity index (χ1) is 11.3. The van der Waals surface area contributed by atoms with E-state index in [1.807, 2.05) is 6.92 Å². The fourth-order valence-corrected chi connectivity index (χ4v) is 6.73. The molecule has 0 radical (unpaired) electrons. The summed E-state index contributed by atoms with van der Waals surface area (Å²) in [6, 6.07) is 0. The summed E-state index contributed by atoms with van der Waals surface area (Å²) in [7, 11) is 0. The average molecular weight is 336 g/mol. The Morgan fingerprint density at radius 3 is 2.50 bits per heavy atom. The monoisotopic (exact) mass is 336 g/mol. The lowest BCUT2D eigenvalue weighted by Gasteiger charge is -2.66. The molecule has 0 aromatic rings. The minimum absolute atomic E-state index is 0.0105. The van der Waals surface area contributed by atoms with Crippen LogP contribution in [0.15, 0.2) is 12.2 Å². The molecule has 3 N–H and O–H groups in total. The molecule has 0 aromatic heterocycles. The second-order valence-electron chi connectivity index (χ2n) is 8.78. The SMILES string of the molecule is C=C1CCC2C3(CO)CCCC(C)(CO)C3CC(O)C2(CC)C1=O. The fraction of sp³-hybridized carbons (Fsp3) is 0.850. The van der Waals surface area contributed by atoms with Crippen molar-refractivity contribution in [3.8, 4) is 0 Å². The number of hydrogen-bond donors (Lipinski definition) is 3. The molecule has 4 nitrogen and oxygen atoms in total. The van der Waals surface area contributed by atoms with Gasteiger partial charge in [-0.1, -0.05) is 26.8 Å². The Balaban J connectivity index is 2.15. The first kappa shape index (κ1) is 18.1. The highest BCUT2D eigenvalue weighted by Crippen LogP contribution is 2.67. The molecule has 3 aliphatic rings. The number of fused-ring (bicyclic) bond motifs is 3. The van der Waals surface area contributed by atoms with Gasteiger partial charge in [0.2, 0.25) is 0 Å². The molecule has 0 saturated heterocycles. The molecule has 0 bridgehead atoms. The van der Waals surface area contributed by atoms with Gasteiger partial charge in [0.25, 0.3) is 0 Å². The number of hydrogen-bond acceptors (Lipinski definition) is 4. The van der Waals surface area contributed by atoms with E-state index in [-0.39, 0.29) is 41.7 Å². The standard InChI is InChI=1S/C20H32O4/c1-4-20-14(7-6-13(2)17(20)24)19(12-22)9-5-8-18(3,11-21)15(19)10-16(20)23/h14-16,21-23H,2,4-12H2,1,3H3. The summed E-state index contributed by atoms with van der Waals surface area (Å²) in [6.07, 6.45) is 4.55. The van der Waals surface area contributed by atoms with Gasteiger partial charge in [-0.25, -0.2) is 0 Å². The van der Waals surface area contributed by atoms with E-state index in [2.05, 4.69) is 13.5 Å². The number of carbonyl (C=O) groups is 1. The third-order valence-corrected chi connectivity index (χ3v) is 8.01. The van der Waals surface area contributed by atoms with E-state index >= 15 is 0 Å². The first-order valence-electron chi connectivity index (χ1n) is 9.44. The molecular formula is C20H32O4. The Morgan fingerprint density at radius 1 is 1.21 bits per heavy atom. The zero-order valence-electron chi connectivity index (χ0n) is 15.1. The highest BCUT2D eigenvalue weighted by molar-refractivity contribution is 6.01. The molecule has 4 heteroatoms. The molecule has 3 aliphatic carbocycles. The smallest absolute Gasteiger partial charge is 0.167 e. The third-order valence-electron chi connectivity index (χ3n) is 8.01. The molecule has 0 spiro atoms. The van der Waals surface area contributed by atoms with E-state index in [1.54, 1.807) is 0 Å². The molecule has 0 heterocycles. The topological polar surface area (TPSA) is 77.8 Å². The summed E-state index contributed by atoms with van der Waals surface area (Å²) in [4.78, 5) is 13.1. The van der Waals surface area contributed by atoms with Gasteiger partial charge in [-0.15, -0.1) is 0 Å². The van der Waals surface area contributed by atoms with Crippen molar-refractivity contribution in [1.82, 2.24) is 0 Å². The molecule has 0 aliphatic heterocycles. The molecule has 136 valence electrons.